The lowest BCUT2D eigenvalue weighted by Gasteiger charge is -2.15. The van der Waals surface area contributed by atoms with Gasteiger partial charge in [0, 0.05) is 26.0 Å². The first-order chi connectivity index (χ1) is 9.21. The third-order valence-electron chi connectivity index (χ3n) is 2.87. The molecule has 0 aromatic heterocycles. The minimum atomic E-state index is 0.612. The lowest BCUT2D eigenvalue weighted by Crippen LogP contribution is -1.96. The Bertz CT molecular complexity index is 611. The molecule has 0 spiro atoms. The van der Waals surface area contributed by atoms with Crippen molar-refractivity contribution in [3.63, 3.8) is 0 Å². The second kappa shape index (κ2) is 6.43. The molecule has 4 heteroatoms. The van der Waals surface area contributed by atoms with Gasteiger partial charge in [0.25, 0.3) is 0 Å². The summed E-state index contributed by atoms with van der Waals surface area (Å²) >= 11 is 6.60. The molecule has 0 heterocycles. The van der Waals surface area contributed by atoms with Gasteiger partial charge in [-0.1, -0.05) is 24.3 Å². The van der Waals surface area contributed by atoms with Crippen LogP contribution < -0.4 is 4.74 Å². The Balaban J connectivity index is 2.69. The van der Waals surface area contributed by atoms with Crippen LogP contribution in [-0.4, -0.2) is 13.4 Å². The van der Waals surface area contributed by atoms with Gasteiger partial charge < -0.3 is 4.74 Å². The molecule has 0 fully saturated rings. The van der Waals surface area contributed by atoms with E-state index < -0.39 is 0 Å². The van der Waals surface area contributed by atoms with Crippen LogP contribution >= 0.6 is 35.2 Å². The van der Waals surface area contributed by atoms with E-state index in [-0.39, 0.29) is 0 Å². The molecule has 0 amide bonds. The summed E-state index contributed by atoms with van der Waals surface area (Å²) < 4.78 is 6.62. The quantitative estimate of drug-likeness (QED) is 0.486. The number of rotatable bonds is 4. The Kier molecular flexibility index (Phi) is 4.87. The van der Waals surface area contributed by atoms with Gasteiger partial charge in [0.2, 0.25) is 0 Å². The third-order valence-corrected chi connectivity index (χ3v) is 4.11. The Hall–Kier alpha value is -1.01. The van der Waals surface area contributed by atoms with Gasteiger partial charge in [-0.05, 0) is 40.3 Å². The van der Waals surface area contributed by atoms with E-state index in [0.717, 1.165) is 32.3 Å². The predicted octanol–water partition coefficient (Wildman–Crippen LogP) is 4.21. The lowest BCUT2D eigenvalue weighted by molar-refractivity contribution is 0.112. The van der Waals surface area contributed by atoms with Crippen LogP contribution in [0.5, 0.6) is 5.75 Å². The molecule has 0 bridgehead atoms. The summed E-state index contributed by atoms with van der Waals surface area (Å²) in [4.78, 5) is 10.9. The normalized spacial score (nSPS) is 10.3. The van der Waals surface area contributed by atoms with Gasteiger partial charge in [-0.2, -0.15) is 12.6 Å². The van der Waals surface area contributed by atoms with Crippen LogP contribution in [0.25, 0.3) is 11.1 Å². The molecule has 2 aromatic rings. The summed E-state index contributed by atoms with van der Waals surface area (Å²) in [6, 6.07) is 11.6. The number of hydrogen-bond acceptors (Lipinski definition) is 3. The monoisotopic (exact) mass is 384 g/mol. The van der Waals surface area contributed by atoms with Crippen molar-refractivity contribution >= 4 is 41.5 Å². The molecule has 2 rings (SSSR count). The summed E-state index contributed by atoms with van der Waals surface area (Å²) in [6.45, 7) is 0. The van der Waals surface area contributed by atoms with E-state index in [0.29, 0.717) is 11.3 Å². The second-order valence-corrected chi connectivity index (χ2v) is 5.49. The van der Waals surface area contributed by atoms with Crippen molar-refractivity contribution in [1.82, 2.24) is 0 Å². The Morgan fingerprint density at radius 3 is 2.74 bits per heavy atom. The largest absolute Gasteiger partial charge is 0.496 e. The highest BCUT2D eigenvalue weighted by Crippen LogP contribution is 2.37. The van der Waals surface area contributed by atoms with Crippen molar-refractivity contribution < 1.29 is 9.53 Å². The summed E-state index contributed by atoms with van der Waals surface area (Å²) in [7, 11) is 1.66. The van der Waals surface area contributed by atoms with Crippen molar-refractivity contribution in [3.8, 4) is 16.9 Å². The number of carbonyl (C=O) groups is 1. The van der Waals surface area contributed by atoms with Gasteiger partial charge in [0.1, 0.15) is 12.0 Å². The number of carbonyl (C=O) groups excluding carboxylic acids is 1. The van der Waals surface area contributed by atoms with Crippen LogP contribution in [0.15, 0.2) is 36.4 Å². The maximum absolute atomic E-state index is 10.9. The third kappa shape index (κ3) is 2.95. The fraction of sp³-hybridized carbons (Fsp3) is 0.133. The van der Waals surface area contributed by atoms with Crippen LogP contribution in [0.2, 0.25) is 0 Å². The molecule has 0 aliphatic rings. The highest BCUT2D eigenvalue weighted by atomic mass is 127. The smallest absolute Gasteiger partial charge is 0.150 e. The first kappa shape index (κ1) is 14.4. The average Bonchev–Trinajstić information content (AvgIpc) is 2.46. The molecule has 0 unspecified atom stereocenters. The molecular weight excluding hydrogens is 371 g/mol. The van der Waals surface area contributed by atoms with E-state index in [1.807, 2.05) is 30.3 Å². The molecule has 98 valence electrons. The number of halogens is 1. The maximum Gasteiger partial charge on any atom is 0.150 e. The van der Waals surface area contributed by atoms with Crippen LogP contribution in [-0.2, 0) is 5.75 Å². The zero-order chi connectivity index (χ0) is 13.8. The molecular formula is C15H13IO2S. The van der Waals surface area contributed by atoms with Crippen molar-refractivity contribution in [3.05, 3.63) is 51.1 Å². The molecule has 2 nitrogen and oxygen atoms in total. The van der Waals surface area contributed by atoms with Gasteiger partial charge in [-0.15, -0.1) is 0 Å². The van der Waals surface area contributed by atoms with Gasteiger partial charge in [0.15, 0.2) is 0 Å². The maximum atomic E-state index is 10.9. The van der Waals surface area contributed by atoms with E-state index in [1.165, 1.54) is 0 Å². The molecule has 0 N–H and O–H groups in total. The fourth-order valence-corrected chi connectivity index (χ4v) is 2.98. The molecule has 2 aromatic carbocycles. The van der Waals surface area contributed by atoms with Crippen LogP contribution in [0.1, 0.15) is 15.9 Å². The van der Waals surface area contributed by atoms with E-state index >= 15 is 0 Å². The number of hydrogen-bond donors (Lipinski definition) is 1. The lowest BCUT2D eigenvalue weighted by atomic mass is 10.00. The molecule has 0 radical (unpaired) electrons. The minimum Gasteiger partial charge on any atom is -0.496 e. The second-order valence-electron chi connectivity index (χ2n) is 4.02. The summed E-state index contributed by atoms with van der Waals surface area (Å²) in [5, 5.41) is 0. The molecule has 0 saturated heterocycles. The van der Waals surface area contributed by atoms with E-state index in [4.69, 9.17) is 4.74 Å². The number of methoxy groups -OCH3 is 1. The van der Waals surface area contributed by atoms with E-state index in [9.17, 15) is 4.79 Å². The predicted molar refractivity (Wildman–Crippen MR) is 89.2 cm³/mol. The average molecular weight is 384 g/mol. The first-order valence-corrected chi connectivity index (χ1v) is 7.44. The van der Waals surface area contributed by atoms with E-state index in [2.05, 4.69) is 35.2 Å². The Labute approximate surface area is 131 Å². The highest BCUT2D eigenvalue weighted by Gasteiger charge is 2.14. The summed E-state index contributed by atoms with van der Waals surface area (Å²) in [5.41, 5.74) is 3.69. The zero-order valence-corrected chi connectivity index (χ0v) is 13.4. The van der Waals surface area contributed by atoms with Crippen molar-refractivity contribution in [2.24, 2.45) is 0 Å². The van der Waals surface area contributed by atoms with Gasteiger partial charge in [-0.25, -0.2) is 0 Å². The Morgan fingerprint density at radius 1 is 1.32 bits per heavy atom. The number of aldehydes is 1. The number of ether oxygens (including phenoxy) is 1. The summed E-state index contributed by atoms with van der Waals surface area (Å²) in [5.74, 6) is 1.44. The van der Waals surface area contributed by atoms with Crippen molar-refractivity contribution in [2.45, 2.75) is 5.75 Å². The molecule has 0 aliphatic heterocycles. The highest BCUT2D eigenvalue weighted by molar-refractivity contribution is 14.1. The fourth-order valence-electron chi connectivity index (χ4n) is 2.00. The topological polar surface area (TPSA) is 26.3 Å². The number of thiol groups is 1. The molecule has 19 heavy (non-hydrogen) atoms. The van der Waals surface area contributed by atoms with Crippen LogP contribution in [0.4, 0.5) is 0 Å². The SMILES string of the molecule is COc1c(CS)ccc(I)c1-c1cccc(C=O)c1. The number of benzene rings is 2. The Morgan fingerprint density at radius 2 is 2.11 bits per heavy atom. The van der Waals surface area contributed by atoms with Gasteiger partial charge in [-0.3, -0.25) is 4.79 Å². The minimum absolute atomic E-state index is 0.612. The molecule has 0 saturated carbocycles. The van der Waals surface area contributed by atoms with Gasteiger partial charge in [0.05, 0.1) is 7.11 Å². The zero-order valence-electron chi connectivity index (χ0n) is 10.4. The van der Waals surface area contributed by atoms with Gasteiger partial charge >= 0.3 is 0 Å². The molecule has 0 aliphatic carbocycles. The van der Waals surface area contributed by atoms with Crippen molar-refractivity contribution in [2.75, 3.05) is 7.11 Å². The van der Waals surface area contributed by atoms with Crippen LogP contribution in [0, 0.1) is 3.57 Å². The molecule has 0 atom stereocenters. The standard InChI is InChI=1S/C15H13IO2S/c1-18-15-12(9-19)5-6-13(16)14(15)11-4-2-3-10(7-11)8-17/h2-8,19H,9H2,1H3. The first-order valence-electron chi connectivity index (χ1n) is 5.73. The summed E-state index contributed by atoms with van der Waals surface area (Å²) in [6.07, 6.45) is 0.852. The van der Waals surface area contributed by atoms with E-state index in [1.54, 1.807) is 13.2 Å². The van der Waals surface area contributed by atoms with Crippen LogP contribution in [0.3, 0.4) is 0 Å². The van der Waals surface area contributed by atoms with Crippen molar-refractivity contribution in [1.29, 1.82) is 0 Å².